The van der Waals surface area contributed by atoms with E-state index in [2.05, 4.69) is 10.3 Å². The molecule has 1 aromatic carbocycles. The molecule has 72 valence electrons. The average molecular weight is 205 g/mol. The van der Waals surface area contributed by atoms with Crippen molar-refractivity contribution in [1.29, 1.82) is 0 Å². The number of fused-ring (bicyclic) bond motifs is 1. The minimum atomic E-state index is 0.770. The van der Waals surface area contributed by atoms with E-state index in [1.165, 1.54) is 0 Å². The van der Waals surface area contributed by atoms with E-state index in [-0.39, 0.29) is 0 Å². The standard InChI is InChI=1S/C10H11N3S/c1-7(14)12-8-3-4-9-10(5-8)13(2)6-11-9/h3-6H,1-2H3,(H,12,14). The van der Waals surface area contributed by atoms with Crippen LogP contribution >= 0.6 is 12.2 Å². The Labute approximate surface area is 87.8 Å². The van der Waals surface area contributed by atoms with Crippen LogP contribution in [-0.2, 0) is 7.05 Å². The minimum absolute atomic E-state index is 0.770. The van der Waals surface area contributed by atoms with E-state index >= 15 is 0 Å². The van der Waals surface area contributed by atoms with Crippen molar-refractivity contribution in [1.82, 2.24) is 9.55 Å². The molecule has 1 aromatic heterocycles. The van der Waals surface area contributed by atoms with Crippen molar-refractivity contribution in [2.75, 3.05) is 5.32 Å². The Morgan fingerprint density at radius 1 is 1.50 bits per heavy atom. The van der Waals surface area contributed by atoms with Crippen LogP contribution in [0.2, 0.25) is 0 Å². The molecule has 0 aliphatic rings. The lowest BCUT2D eigenvalue weighted by Gasteiger charge is -2.03. The quantitative estimate of drug-likeness (QED) is 0.725. The van der Waals surface area contributed by atoms with Crippen LogP contribution < -0.4 is 5.32 Å². The fraction of sp³-hybridized carbons (Fsp3) is 0.200. The Kier molecular flexibility index (Phi) is 2.21. The maximum absolute atomic E-state index is 4.98. The molecule has 0 aliphatic heterocycles. The molecule has 0 spiro atoms. The van der Waals surface area contributed by atoms with Gasteiger partial charge in [-0.25, -0.2) is 4.98 Å². The highest BCUT2D eigenvalue weighted by Crippen LogP contribution is 2.17. The molecule has 1 heterocycles. The van der Waals surface area contributed by atoms with Gasteiger partial charge in [0.1, 0.15) is 0 Å². The number of hydrogen-bond acceptors (Lipinski definition) is 2. The Morgan fingerprint density at radius 2 is 2.29 bits per heavy atom. The number of nitrogens with one attached hydrogen (secondary N) is 1. The van der Waals surface area contributed by atoms with Crippen molar-refractivity contribution in [3.63, 3.8) is 0 Å². The van der Waals surface area contributed by atoms with Crippen molar-refractivity contribution < 1.29 is 0 Å². The van der Waals surface area contributed by atoms with Crippen LogP contribution in [0.3, 0.4) is 0 Å². The first-order chi connectivity index (χ1) is 6.66. The van der Waals surface area contributed by atoms with Gasteiger partial charge < -0.3 is 9.88 Å². The van der Waals surface area contributed by atoms with Crippen molar-refractivity contribution >= 4 is 33.9 Å². The SMILES string of the molecule is CC(=S)Nc1ccc2ncn(C)c2c1. The van der Waals surface area contributed by atoms with Crippen molar-refractivity contribution in [3.8, 4) is 0 Å². The molecule has 0 radical (unpaired) electrons. The molecule has 4 heteroatoms. The van der Waals surface area contributed by atoms with Gasteiger partial charge in [0, 0.05) is 12.7 Å². The van der Waals surface area contributed by atoms with E-state index in [0.29, 0.717) is 0 Å². The Balaban J connectivity index is 2.49. The number of imidazole rings is 1. The van der Waals surface area contributed by atoms with E-state index in [0.717, 1.165) is 21.7 Å². The third-order valence-electron chi connectivity index (χ3n) is 2.05. The smallest absolute Gasteiger partial charge is 0.0955 e. The van der Waals surface area contributed by atoms with Crippen LogP contribution in [0.1, 0.15) is 6.92 Å². The van der Waals surface area contributed by atoms with Crippen LogP contribution in [0, 0.1) is 0 Å². The molecule has 0 bridgehead atoms. The molecule has 0 unspecified atom stereocenters. The molecule has 2 rings (SSSR count). The average Bonchev–Trinajstić information content (AvgIpc) is 2.47. The lowest BCUT2D eigenvalue weighted by Crippen LogP contribution is -2.03. The number of hydrogen-bond donors (Lipinski definition) is 1. The van der Waals surface area contributed by atoms with Gasteiger partial charge in [-0.15, -0.1) is 0 Å². The number of nitrogens with zero attached hydrogens (tertiary/aromatic N) is 2. The number of thiocarbonyl (C=S) groups is 1. The molecule has 2 aromatic rings. The van der Waals surface area contributed by atoms with Crippen molar-refractivity contribution in [3.05, 3.63) is 24.5 Å². The predicted molar refractivity (Wildman–Crippen MR) is 62.6 cm³/mol. The number of aromatic nitrogens is 2. The molecular formula is C10H11N3S. The van der Waals surface area contributed by atoms with E-state index in [1.54, 1.807) is 6.33 Å². The molecular weight excluding hydrogens is 194 g/mol. The second-order valence-corrected chi connectivity index (χ2v) is 3.85. The molecule has 14 heavy (non-hydrogen) atoms. The van der Waals surface area contributed by atoms with Gasteiger partial charge in [-0.2, -0.15) is 0 Å². The maximum atomic E-state index is 4.98. The van der Waals surface area contributed by atoms with Crippen molar-refractivity contribution in [2.24, 2.45) is 7.05 Å². The highest BCUT2D eigenvalue weighted by atomic mass is 32.1. The Bertz CT molecular complexity index is 487. The summed E-state index contributed by atoms with van der Waals surface area (Å²) in [5.74, 6) is 0. The molecule has 0 saturated heterocycles. The molecule has 0 aliphatic carbocycles. The number of aryl methyl sites for hydroxylation is 1. The summed E-state index contributed by atoms with van der Waals surface area (Å²) in [6.45, 7) is 1.86. The summed E-state index contributed by atoms with van der Waals surface area (Å²) in [6, 6.07) is 6.00. The zero-order chi connectivity index (χ0) is 10.1. The molecule has 0 amide bonds. The summed E-state index contributed by atoms with van der Waals surface area (Å²) in [6.07, 6.45) is 1.80. The van der Waals surface area contributed by atoms with Gasteiger partial charge >= 0.3 is 0 Å². The maximum Gasteiger partial charge on any atom is 0.0955 e. The minimum Gasteiger partial charge on any atom is -0.350 e. The fourth-order valence-corrected chi connectivity index (χ4v) is 1.52. The van der Waals surface area contributed by atoms with Gasteiger partial charge in [-0.05, 0) is 25.1 Å². The van der Waals surface area contributed by atoms with Crippen LogP contribution in [0.4, 0.5) is 5.69 Å². The van der Waals surface area contributed by atoms with Gasteiger partial charge in [0.05, 0.1) is 22.3 Å². The zero-order valence-corrected chi connectivity index (χ0v) is 8.93. The van der Waals surface area contributed by atoms with E-state index in [9.17, 15) is 0 Å². The highest BCUT2D eigenvalue weighted by molar-refractivity contribution is 7.80. The summed E-state index contributed by atoms with van der Waals surface area (Å²) in [5.41, 5.74) is 3.11. The van der Waals surface area contributed by atoms with Gasteiger partial charge in [-0.1, -0.05) is 12.2 Å². The molecule has 0 atom stereocenters. The first kappa shape index (κ1) is 9.15. The van der Waals surface area contributed by atoms with Crippen LogP contribution in [-0.4, -0.2) is 14.5 Å². The largest absolute Gasteiger partial charge is 0.350 e. The van der Waals surface area contributed by atoms with E-state index in [1.807, 2.05) is 36.7 Å². The Hall–Kier alpha value is -1.42. The second-order valence-electron chi connectivity index (χ2n) is 3.24. The summed E-state index contributed by atoms with van der Waals surface area (Å²) in [7, 11) is 1.98. The highest BCUT2D eigenvalue weighted by Gasteiger charge is 2.00. The predicted octanol–water partition coefficient (Wildman–Crippen LogP) is 2.33. The zero-order valence-electron chi connectivity index (χ0n) is 8.11. The molecule has 3 nitrogen and oxygen atoms in total. The van der Waals surface area contributed by atoms with E-state index in [4.69, 9.17) is 12.2 Å². The summed E-state index contributed by atoms with van der Waals surface area (Å²) in [4.78, 5) is 5.01. The first-order valence-electron chi connectivity index (χ1n) is 4.35. The van der Waals surface area contributed by atoms with Crippen LogP contribution in [0.25, 0.3) is 11.0 Å². The van der Waals surface area contributed by atoms with E-state index < -0.39 is 0 Å². The summed E-state index contributed by atoms with van der Waals surface area (Å²) < 4.78 is 1.99. The van der Waals surface area contributed by atoms with Crippen LogP contribution in [0.5, 0.6) is 0 Å². The third kappa shape index (κ3) is 1.61. The second kappa shape index (κ2) is 3.38. The molecule has 1 N–H and O–H groups in total. The van der Waals surface area contributed by atoms with Gasteiger partial charge in [0.15, 0.2) is 0 Å². The molecule has 0 fully saturated rings. The normalized spacial score (nSPS) is 10.4. The first-order valence-corrected chi connectivity index (χ1v) is 4.76. The third-order valence-corrected chi connectivity index (χ3v) is 2.15. The van der Waals surface area contributed by atoms with Gasteiger partial charge in [0.2, 0.25) is 0 Å². The lowest BCUT2D eigenvalue weighted by molar-refractivity contribution is 0.948. The summed E-state index contributed by atoms with van der Waals surface area (Å²) in [5, 5.41) is 3.10. The Morgan fingerprint density at radius 3 is 3.00 bits per heavy atom. The monoisotopic (exact) mass is 205 g/mol. The lowest BCUT2D eigenvalue weighted by atomic mass is 10.2. The van der Waals surface area contributed by atoms with Gasteiger partial charge in [0.25, 0.3) is 0 Å². The summed E-state index contributed by atoms with van der Waals surface area (Å²) >= 11 is 4.98. The van der Waals surface area contributed by atoms with Crippen LogP contribution in [0.15, 0.2) is 24.5 Å². The number of rotatable bonds is 1. The number of anilines is 1. The topological polar surface area (TPSA) is 29.9 Å². The fourth-order valence-electron chi connectivity index (χ4n) is 1.41. The molecule has 0 saturated carbocycles. The number of benzene rings is 1. The van der Waals surface area contributed by atoms with Crippen molar-refractivity contribution in [2.45, 2.75) is 6.92 Å². The van der Waals surface area contributed by atoms with Gasteiger partial charge in [-0.3, -0.25) is 0 Å².